The number of hydrogen-bond donors (Lipinski definition) is 1. The zero-order valence-electron chi connectivity index (χ0n) is 12.5. The van der Waals surface area contributed by atoms with Crippen molar-refractivity contribution in [3.8, 4) is 0 Å². The molecule has 0 saturated heterocycles. The van der Waals surface area contributed by atoms with Crippen molar-refractivity contribution in [2.24, 2.45) is 0 Å². The molecule has 1 aromatic heterocycles. The van der Waals surface area contributed by atoms with Gasteiger partial charge in [0.15, 0.2) is 0 Å². The Morgan fingerprint density at radius 3 is 2.87 bits per heavy atom. The van der Waals surface area contributed by atoms with Crippen molar-refractivity contribution in [3.05, 3.63) is 64.8 Å². The molecule has 116 valence electrons. The predicted molar refractivity (Wildman–Crippen MR) is 100.0 cm³/mol. The maximum absolute atomic E-state index is 12.2. The van der Waals surface area contributed by atoms with Crippen LogP contribution in [0, 0.1) is 6.92 Å². The SMILES string of the molecule is Cc1cc(NC(=O)CSc2cccc3cccnc23)ccc1Br. The van der Waals surface area contributed by atoms with E-state index in [1.807, 2.05) is 55.5 Å². The van der Waals surface area contributed by atoms with Gasteiger partial charge in [0.05, 0.1) is 11.3 Å². The van der Waals surface area contributed by atoms with Crippen LogP contribution in [0.3, 0.4) is 0 Å². The molecule has 0 unspecified atom stereocenters. The van der Waals surface area contributed by atoms with Crippen LogP contribution >= 0.6 is 27.7 Å². The lowest BCUT2D eigenvalue weighted by Gasteiger charge is -2.08. The number of halogens is 1. The highest BCUT2D eigenvalue weighted by atomic mass is 79.9. The summed E-state index contributed by atoms with van der Waals surface area (Å²) in [7, 11) is 0. The van der Waals surface area contributed by atoms with E-state index in [9.17, 15) is 4.79 Å². The minimum atomic E-state index is -0.0235. The summed E-state index contributed by atoms with van der Waals surface area (Å²) in [6.45, 7) is 2.00. The number of benzene rings is 2. The Morgan fingerprint density at radius 2 is 2.04 bits per heavy atom. The number of anilines is 1. The lowest BCUT2D eigenvalue weighted by atomic mass is 10.2. The van der Waals surface area contributed by atoms with Crippen molar-refractivity contribution in [3.63, 3.8) is 0 Å². The molecule has 0 fully saturated rings. The first kappa shape index (κ1) is 16.0. The van der Waals surface area contributed by atoms with Crippen LogP contribution in [0.15, 0.2) is 64.1 Å². The van der Waals surface area contributed by atoms with Crippen LogP contribution in [-0.4, -0.2) is 16.6 Å². The second-order valence-corrected chi connectivity index (χ2v) is 7.00. The normalized spacial score (nSPS) is 10.7. The van der Waals surface area contributed by atoms with Gasteiger partial charge in [-0.3, -0.25) is 9.78 Å². The number of aryl methyl sites for hydroxylation is 1. The van der Waals surface area contributed by atoms with Crippen LogP contribution in [0.1, 0.15) is 5.56 Å². The third-order valence-corrected chi connectivity index (χ3v) is 5.33. The molecule has 0 atom stereocenters. The number of carbonyl (C=O) groups excluding carboxylic acids is 1. The summed E-state index contributed by atoms with van der Waals surface area (Å²) in [4.78, 5) is 17.6. The van der Waals surface area contributed by atoms with Crippen molar-refractivity contribution in [2.75, 3.05) is 11.1 Å². The molecule has 5 heteroatoms. The average Bonchev–Trinajstić information content (AvgIpc) is 2.56. The summed E-state index contributed by atoms with van der Waals surface area (Å²) < 4.78 is 1.03. The Labute approximate surface area is 147 Å². The van der Waals surface area contributed by atoms with Gasteiger partial charge in [-0.25, -0.2) is 0 Å². The van der Waals surface area contributed by atoms with E-state index in [1.54, 1.807) is 6.20 Å². The molecule has 0 saturated carbocycles. The maximum atomic E-state index is 12.2. The summed E-state index contributed by atoms with van der Waals surface area (Å²) in [6, 6.07) is 15.7. The average molecular weight is 387 g/mol. The van der Waals surface area contributed by atoms with E-state index in [4.69, 9.17) is 0 Å². The van der Waals surface area contributed by atoms with Crippen molar-refractivity contribution >= 4 is 50.2 Å². The van der Waals surface area contributed by atoms with Gasteiger partial charge >= 0.3 is 0 Å². The zero-order valence-corrected chi connectivity index (χ0v) is 14.9. The zero-order chi connectivity index (χ0) is 16.2. The number of amides is 1. The number of thioether (sulfide) groups is 1. The number of aromatic nitrogens is 1. The number of hydrogen-bond acceptors (Lipinski definition) is 3. The van der Waals surface area contributed by atoms with Crippen molar-refractivity contribution in [2.45, 2.75) is 11.8 Å². The highest BCUT2D eigenvalue weighted by Crippen LogP contribution is 2.26. The quantitative estimate of drug-likeness (QED) is 0.638. The summed E-state index contributed by atoms with van der Waals surface area (Å²) in [5.41, 5.74) is 2.84. The van der Waals surface area contributed by atoms with Gasteiger partial charge < -0.3 is 5.32 Å². The molecule has 0 aliphatic rings. The summed E-state index contributed by atoms with van der Waals surface area (Å²) in [6.07, 6.45) is 1.77. The van der Waals surface area contributed by atoms with Crippen LogP contribution in [0.25, 0.3) is 10.9 Å². The fraction of sp³-hybridized carbons (Fsp3) is 0.111. The lowest BCUT2D eigenvalue weighted by molar-refractivity contribution is -0.113. The largest absolute Gasteiger partial charge is 0.325 e. The minimum absolute atomic E-state index is 0.0235. The number of para-hydroxylation sites is 1. The summed E-state index contributed by atoms with van der Waals surface area (Å²) in [5.74, 6) is 0.329. The molecule has 0 aliphatic carbocycles. The van der Waals surface area contributed by atoms with E-state index in [1.165, 1.54) is 11.8 Å². The van der Waals surface area contributed by atoms with Gasteiger partial charge in [-0.2, -0.15) is 0 Å². The van der Waals surface area contributed by atoms with E-state index in [0.29, 0.717) is 5.75 Å². The van der Waals surface area contributed by atoms with Crippen LogP contribution < -0.4 is 5.32 Å². The fourth-order valence-electron chi connectivity index (χ4n) is 2.26. The number of fused-ring (bicyclic) bond motifs is 1. The molecule has 23 heavy (non-hydrogen) atoms. The first-order valence-corrected chi connectivity index (χ1v) is 8.94. The highest BCUT2D eigenvalue weighted by molar-refractivity contribution is 9.10. The van der Waals surface area contributed by atoms with E-state index in [2.05, 4.69) is 26.2 Å². The summed E-state index contributed by atoms with van der Waals surface area (Å²) in [5, 5.41) is 4.01. The van der Waals surface area contributed by atoms with E-state index >= 15 is 0 Å². The number of rotatable bonds is 4. The lowest BCUT2D eigenvalue weighted by Crippen LogP contribution is -2.14. The molecular formula is C18H15BrN2OS. The second-order valence-electron chi connectivity index (χ2n) is 5.13. The van der Waals surface area contributed by atoms with Crippen molar-refractivity contribution in [1.82, 2.24) is 4.98 Å². The smallest absolute Gasteiger partial charge is 0.234 e. The summed E-state index contributed by atoms with van der Waals surface area (Å²) >= 11 is 4.96. The standard InChI is InChI=1S/C18H15BrN2OS/c1-12-10-14(7-8-15(12)19)21-17(22)11-23-16-6-2-4-13-5-3-9-20-18(13)16/h2-10H,11H2,1H3,(H,21,22). The molecule has 0 spiro atoms. The molecule has 1 amide bonds. The molecule has 0 radical (unpaired) electrons. The van der Waals surface area contributed by atoms with Crippen LogP contribution in [0.5, 0.6) is 0 Å². The van der Waals surface area contributed by atoms with E-state index in [-0.39, 0.29) is 5.91 Å². The third kappa shape index (κ3) is 3.92. The Morgan fingerprint density at radius 1 is 1.22 bits per heavy atom. The molecule has 2 aromatic carbocycles. The predicted octanol–water partition coefficient (Wildman–Crippen LogP) is 5.04. The topological polar surface area (TPSA) is 42.0 Å². The van der Waals surface area contributed by atoms with Gasteiger partial charge in [-0.05, 0) is 42.8 Å². The van der Waals surface area contributed by atoms with Gasteiger partial charge in [0.2, 0.25) is 5.91 Å². The minimum Gasteiger partial charge on any atom is -0.325 e. The van der Waals surface area contributed by atoms with Crippen LogP contribution in [0.2, 0.25) is 0 Å². The Balaban J connectivity index is 1.67. The van der Waals surface area contributed by atoms with Gasteiger partial charge in [-0.1, -0.05) is 34.1 Å². The number of pyridine rings is 1. The molecule has 3 rings (SSSR count). The van der Waals surface area contributed by atoms with Crippen LogP contribution in [0.4, 0.5) is 5.69 Å². The second kappa shape index (κ2) is 7.15. The monoisotopic (exact) mass is 386 g/mol. The fourth-order valence-corrected chi connectivity index (χ4v) is 3.34. The Hall–Kier alpha value is -1.85. The first-order valence-electron chi connectivity index (χ1n) is 7.16. The van der Waals surface area contributed by atoms with Gasteiger partial charge in [0.25, 0.3) is 0 Å². The van der Waals surface area contributed by atoms with Gasteiger partial charge in [0, 0.05) is 26.6 Å². The molecule has 0 bridgehead atoms. The molecule has 3 aromatic rings. The van der Waals surface area contributed by atoms with Gasteiger partial charge in [0.1, 0.15) is 0 Å². The van der Waals surface area contributed by atoms with Crippen molar-refractivity contribution in [1.29, 1.82) is 0 Å². The first-order chi connectivity index (χ1) is 11.1. The van der Waals surface area contributed by atoms with Crippen molar-refractivity contribution < 1.29 is 4.79 Å². The molecule has 1 N–H and O–H groups in total. The molecule has 3 nitrogen and oxygen atoms in total. The molecular weight excluding hydrogens is 372 g/mol. The van der Waals surface area contributed by atoms with Crippen LogP contribution in [-0.2, 0) is 4.79 Å². The number of nitrogens with zero attached hydrogens (tertiary/aromatic N) is 1. The van der Waals surface area contributed by atoms with E-state index in [0.717, 1.165) is 31.5 Å². The highest BCUT2D eigenvalue weighted by Gasteiger charge is 2.07. The molecule has 0 aliphatic heterocycles. The molecule has 1 heterocycles. The number of carbonyl (C=O) groups is 1. The Bertz CT molecular complexity index is 861. The maximum Gasteiger partial charge on any atom is 0.234 e. The third-order valence-electron chi connectivity index (χ3n) is 3.40. The van der Waals surface area contributed by atoms with Gasteiger partial charge in [-0.15, -0.1) is 11.8 Å². The number of nitrogens with one attached hydrogen (secondary N) is 1. The Kier molecular flexibility index (Phi) is 4.98. The van der Waals surface area contributed by atoms with E-state index < -0.39 is 0 Å².